The Morgan fingerprint density at radius 2 is 1.68 bits per heavy atom. The lowest BCUT2D eigenvalue weighted by atomic mass is 9.77. The fraction of sp³-hybridized carbons (Fsp3) is 0.459. The van der Waals surface area contributed by atoms with E-state index in [2.05, 4.69) is 5.32 Å². The van der Waals surface area contributed by atoms with Crippen molar-refractivity contribution in [3.8, 4) is 0 Å². The number of nitrogens with zero attached hydrogens (tertiary/aromatic N) is 2. The Morgan fingerprint density at radius 1 is 0.979 bits per heavy atom. The first-order valence-electron chi connectivity index (χ1n) is 16.5. The molecule has 10 nitrogen and oxygen atoms in total. The van der Waals surface area contributed by atoms with Gasteiger partial charge in [0.2, 0.25) is 17.7 Å². The maximum absolute atomic E-state index is 14.8. The van der Waals surface area contributed by atoms with Crippen LogP contribution in [0.4, 0.5) is 0 Å². The summed E-state index contributed by atoms with van der Waals surface area (Å²) in [6.45, 7) is 5.82. The first-order chi connectivity index (χ1) is 22.7. The summed E-state index contributed by atoms with van der Waals surface area (Å²) in [5, 5.41) is 13.5. The molecule has 0 saturated carbocycles. The predicted molar refractivity (Wildman–Crippen MR) is 173 cm³/mol. The predicted octanol–water partition coefficient (Wildman–Crippen LogP) is 3.32. The lowest BCUT2D eigenvalue weighted by Crippen LogP contribution is -2.59. The number of nitrogens with one attached hydrogen (secondary N) is 1. The zero-order chi connectivity index (χ0) is 33.3. The quantitative estimate of drug-likeness (QED) is 0.366. The Labute approximate surface area is 275 Å². The second kappa shape index (κ2) is 13.4. The second-order valence-corrected chi connectivity index (χ2v) is 13.3. The highest BCUT2D eigenvalue weighted by Gasteiger charge is 2.72. The SMILES string of the molecule is CC(C)[C@H](CO)N1C(=O)[C@@H]2[C@H]3C(=O)O[C@H](c4ccccc4)[C@@H](C)NC(=O)CC/C=C\[C@H]3O[C@@]23C=CCN(Cc2ccccc2)C(=O)[C@@H]13. The average molecular weight is 642 g/mol. The average Bonchev–Trinajstić information content (AvgIpc) is 3.45. The van der Waals surface area contributed by atoms with Crippen molar-refractivity contribution in [1.29, 1.82) is 0 Å². The van der Waals surface area contributed by atoms with E-state index in [0.29, 0.717) is 18.5 Å². The molecule has 0 aromatic heterocycles. The number of ether oxygens (including phenoxy) is 2. The number of amides is 3. The lowest BCUT2D eigenvalue weighted by molar-refractivity contribution is -0.162. The van der Waals surface area contributed by atoms with Gasteiger partial charge in [-0.05, 0) is 30.4 Å². The van der Waals surface area contributed by atoms with Gasteiger partial charge in [0.25, 0.3) is 0 Å². The molecule has 4 aliphatic rings. The number of likely N-dealkylation sites (tertiary alicyclic amines) is 1. The van der Waals surface area contributed by atoms with Crippen LogP contribution in [0.5, 0.6) is 0 Å². The van der Waals surface area contributed by atoms with Gasteiger partial charge in [-0.2, -0.15) is 0 Å². The molecule has 1 spiro atoms. The number of carbonyl (C=O) groups excluding carboxylic acids is 4. The van der Waals surface area contributed by atoms with Gasteiger partial charge >= 0.3 is 5.97 Å². The first kappa shape index (κ1) is 32.7. The number of hydrogen-bond donors (Lipinski definition) is 2. The van der Waals surface area contributed by atoms with Crippen LogP contribution in [0.2, 0.25) is 0 Å². The number of esters is 1. The largest absolute Gasteiger partial charge is 0.455 e. The number of allylic oxidation sites excluding steroid dienone is 1. The minimum atomic E-state index is -1.48. The smallest absolute Gasteiger partial charge is 0.313 e. The number of benzene rings is 2. The number of aliphatic hydroxyl groups is 1. The van der Waals surface area contributed by atoms with Crippen LogP contribution in [-0.4, -0.2) is 81.6 Å². The molecule has 47 heavy (non-hydrogen) atoms. The van der Waals surface area contributed by atoms with Gasteiger partial charge in [-0.1, -0.05) is 98.8 Å². The molecular weight excluding hydrogens is 598 g/mol. The van der Waals surface area contributed by atoms with Crippen LogP contribution in [-0.2, 0) is 35.2 Å². The van der Waals surface area contributed by atoms with Crippen LogP contribution in [0, 0.1) is 17.8 Å². The van der Waals surface area contributed by atoms with E-state index in [0.717, 1.165) is 5.56 Å². The van der Waals surface area contributed by atoms with Crippen molar-refractivity contribution < 1.29 is 33.8 Å². The Hall–Kier alpha value is -4.28. The van der Waals surface area contributed by atoms with Gasteiger partial charge in [0, 0.05) is 19.5 Å². The van der Waals surface area contributed by atoms with Crippen molar-refractivity contribution in [3.63, 3.8) is 0 Å². The topological polar surface area (TPSA) is 125 Å². The van der Waals surface area contributed by atoms with Crippen molar-refractivity contribution in [3.05, 3.63) is 96.1 Å². The third-order valence-electron chi connectivity index (χ3n) is 9.90. The van der Waals surface area contributed by atoms with Crippen LogP contribution >= 0.6 is 0 Å². The maximum atomic E-state index is 14.8. The minimum Gasteiger partial charge on any atom is -0.455 e. The molecule has 2 fully saturated rings. The van der Waals surface area contributed by atoms with Crippen LogP contribution in [0.3, 0.4) is 0 Å². The van der Waals surface area contributed by atoms with Gasteiger partial charge in [-0.3, -0.25) is 19.2 Å². The molecule has 2 saturated heterocycles. The molecule has 4 heterocycles. The van der Waals surface area contributed by atoms with Crippen molar-refractivity contribution in [1.82, 2.24) is 15.1 Å². The molecule has 8 atom stereocenters. The molecule has 0 unspecified atom stereocenters. The van der Waals surface area contributed by atoms with E-state index in [1.54, 1.807) is 30.1 Å². The van der Waals surface area contributed by atoms with Gasteiger partial charge < -0.3 is 29.7 Å². The minimum absolute atomic E-state index is 0.176. The van der Waals surface area contributed by atoms with Crippen LogP contribution in [0.15, 0.2) is 85.0 Å². The molecule has 2 aromatic carbocycles. The Bertz CT molecular complexity index is 1540. The molecular formula is C37H43N3O7. The van der Waals surface area contributed by atoms with E-state index < -0.39 is 59.6 Å². The maximum Gasteiger partial charge on any atom is 0.313 e. The fourth-order valence-corrected chi connectivity index (χ4v) is 7.61. The van der Waals surface area contributed by atoms with Gasteiger partial charge in [0.15, 0.2) is 0 Å². The monoisotopic (exact) mass is 641 g/mol. The van der Waals surface area contributed by atoms with Crippen LogP contribution in [0.1, 0.15) is 50.8 Å². The number of hydrogen-bond acceptors (Lipinski definition) is 7. The summed E-state index contributed by atoms with van der Waals surface area (Å²) in [4.78, 5) is 59.8. The van der Waals surface area contributed by atoms with Gasteiger partial charge in [-0.25, -0.2) is 0 Å². The van der Waals surface area contributed by atoms with Gasteiger partial charge in [0.05, 0.1) is 30.7 Å². The molecule has 3 amide bonds. The molecule has 0 aliphatic carbocycles. The Balaban J connectivity index is 1.45. The zero-order valence-corrected chi connectivity index (χ0v) is 27.0. The molecule has 2 N–H and O–H groups in total. The van der Waals surface area contributed by atoms with Gasteiger partial charge in [0.1, 0.15) is 23.7 Å². The fourth-order valence-electron chi connectivity index (χ4n) is 7.61. The summed E-state index contributed by atoms with van der Waals surface area (Å²) < 4.78 is 13.0. The van der Waals surface area contributed by atoms with Crippen molar-refractivity contribution in [2.24, 2.45) is 17.8 Å². The molecule has 0 radical (unpaired) electrons. The normalized spacial score (nSPS) is 32.4. The second-order valence-electron chi connectivity index (χ2n) is 13.3. The van der Waals surface area contributed by atoms with Crippen LogP contribution < -0.4 is 5.32 Å². The third kappa shape index (κ3) is 6.00. The molecule has 248 valence electrons. The highest BCUT2D eigenvalue weighted by Crippen LogP contribution is 2.54. The van der Waals surface area contributed by atoms with E-state index in [1.165, 1.54) is 4.90 Å². The molecule has 6 rings (SSSR count). The summed E-state index contributed by atoms with van der Waals surface area (Å²) >= 11 is 0. The number of rotatable bonds is 6. The third-order valence-corrected chi connectivity index (χ3v) is 9.90. The van der Waals surface area contributed by atoms with E-state index in [1.807, 2.05) is 80.6 Å². The number of cyclic esters (lactones) is 1. The molecule has 0 bridgehead atoms. The van der Waals surface area contributed by atoms with Crippen molar-refractivity contribution >= 4 is 23.7 Å². The molecule has 10 heteroatoms. The van der Waals surface area contributed by atoms with E-state index in [9.17, 15) is 24.3 Å². The Morgan fingerprint density at radius 3 is 2.36 bits per heavy atom. The number of fused-ring (bicyclic) bond motifs is 2. The van der Waals surface area contributed by atoms with E-state index >= 15 is 0 Å². The summed E-state index contributed by atoms with van der Waals surface area (Å²) in [5.74, 6) is -3.91. The summed E-state index contributed by atoms with van der Waals surface area (Å²) in [6.07, 6.45) is 6.04. The lowest BCUT2D eigenvalue weighted by Gasteiger charge is -2.40. The summed E-state index contributed by atoms with van der Waals surface area (Å²) in [7, 11) is 0. The van der Waals surface area contributed by atoms with Crippen molar-refractivity contribution in [2.75, 3.05) is 13.2 Å². The van der Waals surface area contributed by atoms with E-state index in [4.69, 9.17) is 9.47 Å². The molecule has 2 aromatic rings. The number of carbonyl (C=O) groups is 4. The summed E-state index contributed by atoms with van der Waals surface area (Å²) in [5.41, 5.74) is 0.150. The molecule has 4 aliphatic heterocycles. The standard InChI is InChI=1S/C37H43N3O7/c1-23(2)27(22-41)40-33-35(44)39(21-25-13-6-4-7-14-25)20-12-19-37(33)31(34(40)43)30-28(47-37)17-10-11-18-29(42)38-24(3)32(46-36(30)45)26-15-8-5-9-16-26/h4-10,12-17,19,23-24,27-28,30-33,41H,11,18,20-22H2,1-3H3,(H,38,42)/b17-10-/t24-,27+,28-,30+,31+,32+,33-,37+/m1/s1. The zero-order valence-electron chi connectivity index (χ0n) is 27.0. The highest BCUT2D eigenvalue weighted by atomic mass is 16.6. The number of aliphatic hydroxyl groups excluding tert-OH is 1. The summed E-state index contributed by atoms with van der Waals surface area (Å²) in [6, 6.07) is 16.4. The van der Waals surface area contributed by atoms with Gasteiger partial charge in [-0.15, -0.1) is 0 Å². The van der Waals surface area contributed by atoms with Crippen molar-refractivity contribution in [2.45, 2.75) is 76.1 Å². The Kier molecular flexibility index (Phi) is 9.34. The highest BCUT2D eigenvalue weighted by molar-refractivity contribution is 5.99. The van der Waals surface area contributed by atoms with Crippen LogP contribution in [0.25, 0.3) is 0 Å². The van der Waals surface area contributed by atoms with E-state index in [-0.39, 0.29) is 37.3 Å². The first-order valence-corrected chi connectivity index (χ1v) is 16.5.